The van der Waals surface area contributed by atoms with Crippen LogP contribution in [-0.2, 0) is 28.6 Å². The van der Waals surface area contributed by atoms with E-state index in [-0.39, 0.29) is 31.1 Å². The lowest BCUT2D eigenvalue weighted by atomic mass is 10.0. The van der Waals surface area contributed by atoms with Gasteiger partial charge < -0.3 is 14.2 Å². The highest BCUT2D eigenvalue weighted by atomic mass is 16.6. The van der Waals surface area contributed by atoms with E-state index >= 15 is 0 Å². The van der Waals surface area contributed by atoms with Gasteiger partial charge in [0.1, 0.15) is 13.2 Å². The molecule has 0 bridgehead atoms. The van der Waals surface area contributed by atoms with Gasteiger partial charge in [-0.15, -0.1) is 0 Å². The van der Waals surface area contributed by atoms with Gasteiger partial charge in [-0.3, -0.25) is 14.4 Å². The number of carbonyl (C=O) groups excluding carboxylic acids is 3. The molecule has 0 saturated heterocycles. The maximum Gasteiger partial charge on any atom is 0.306 e. The third-order valence-electron chi connectivity index (χ3n) is 11.0. The van der Waals surface area contributed by atoms with Crippen molar-refractivity contribution in [3.63, 3.8) is 0 Å². The van der Waals surface area contributed by atoms with Gasteiger partial charge in [-0.1, -0.05) is 216 Å². The predicted molar refractivity (Wildman–Crippen MR) is 265 cm³/mol. The molecule has 0 amide bonds. The molecule has 0 aromatic heterocycles. The van der Waals surface area contributed by atoms with Crippen molar-refractivity contribution < 1.29 is 28.6 Å². The normalized spacial score (nSPS) is 12.6. The van der Waals surface area contributed by atoms with Gasteiger partial charge in [0.25, 0.3) is 0 Å². The molecule has 356 valence electrons. The minimum Gasteiger partial charge on any atom is -0.462 e. The average molecular weight is 865 g/mol. The summed E-state index contributed by atoms with van der Waals surface area (Å²) in [5, 5.41) is 0. The topological polar surface area (TPSA) is 78.9 Å². The molecule has 0 fully saturated rings. The number of carbonyl (C=O) groups is 3. The van der Waals surface area contributed by atoms with Crippen LogP contribution in [0.2, 0.25) is 0 Å². The number of unbranched alkanes of at least 4 members (excludes halogenated alkanes) is 23. The molecule has 0 spiro atoms. The first-order valence-corrected chi connectivity index (χ1v) is 25.9. The van der Waals surface area contributed by atoms with Crippen LogP contribution >= 0.6 is 0 Å². The second-order valence-corrected chi connectivity index (χ2v) is 17.0. The summed E-state index contributed by atoms with van der Waals surface area (Å²) in [6.07, 6.45) is 63.1. The van der Waals surface area contributed by atoms with Crippen LogP contribution in [0.1, 0.15) is 245 Å². The molecule has 0 aliphatic carbocycles. The number of hydrogen-bond donors (Lipinski definition) is 0. The summed E-state index contributed by atoms with van der Waals surface area (Å²) in [4.78, 5) is 38.0. The van der Waals surface area contributed by atoms with Crippen LogP contribution in [0, 0.1) is 0 Å². The first-order chi connectivity index (χ1) is 30.5. The fraction of sp³-hybridized carbons (Fsp3) is 0.732. The van der Waals surface area contributed by atoms with Crippen molar-refractivity contribution in [2.75, 3.05) is 13.2 Å². The number of allylic oxidation sites excluding steroid dienone is 12. The molecule has 6 nitrogen and oxygen atoms in total. The van der Waals surface area contributed by atoms with Gasteiger partial charge in [0.15, 0.2) is 6.10 Å². The van der Waals surface area contributed by atoms with Crippen molar-refractivity contribution in [3.05, 3.63) is 72.9 Å². The van der Waals surface area contributed by atoms with E-state index in [0.717, 1.165) is 116 Å². The Kier molecular flexibility index (Phi) is 47.9. The van der Waals surface area contributed by atoms with Crippen LogP contribution in [0.3, 0.4) is 0 Å². The van der Waals surface area contributed by atoms with Crippen LogP contribution < -0.4 is 0 Å². The Balaban J connectivity index is 4.41. The lowest BCUT2D eigenvalue weighted by molar-refractivity contribution is -0.167. The maximum absolute atomic E-state index is 12.8. The molecular formula is C56H96O6. The zero-order valence-electron chi connectivity index (χ0n) is 40.6. The van der Waals surface area contributed by atoms with Gasteiger partial charge in [0, 0.05) is 19.3 Å². The summed E-state index contributed by atoms with van der Waals surface area (Å²) in [5.41, 5.74) is 0. The molecule has 6 heteroatoms. The van der Waals surface area contributed by atoms with Gasteiger partial charge in [0.05, 0.1) is 0 Å². The van der Waals surface area contributed by atoms with E-state index in [1.165, 1.54) is 89.9 Å². The van der Waals surface area contributed by atoms with E-state index in [1.807, 2.05) is 0 Å². The molecule has 0 radical (unpaired) electrons. The van der Waals surface area contributed by atoms with E-state index in [4.69, 9.17) is 14.2 Å². The predicted octanol–water partition coefficient (Wildman–Crippen LogP) is 17.0. The third kappa shape index (κ3) is 47.9. The second kappa shape index (κ2) is 50.5. The molecule has 1 unspecified atom stereocenters. The largest absolute Gasteiger partial charge is 0.462 e. The Morgan fingerprint density at radius 1 is 0.339 bits per heavy atom. The zero-order valence-corrected chi connectivity index (χ0v) is 40.6. The number of ether oxygens (including phenoxy) is 3. The molecule has 0 aromatic carbocycles. The lowest BCUT2D eigenvalue weighted by Crippen LogP contribution is -2.30. The standard InChI is InChI=1S/C56H96O6/c1-4-7-10-13-16-19-22-25-27-29-31-34-37-40-43-46-49-55(58)61-52-53(51-60-54(57)48-45-42-39-36-33-24-21-18-15-12-9-6-3)62-56(59)50-47-44-41-38-35-32-30-28-26-23-20-17-14-11-8-5-2/h7-8,10-11,16-17,19-20,25-28,53H,4-6,9,12-15,18,21-24,29-52H2,1-3H3/b10-7-,11-8-,19-16-,20-17-,27-25-,28-26-. The van der Waals surface area contributed by atoms with Gasteiger partial charge >= 0.3 is 17.9 Å². The minimum atomic E-state index is -0.785. The van der Waals surface area contributed by atoms with Gasteiger partial charge in [-0.25, -0.2) is 0 Å². The smallest absolute Gasteiger partial charge is 0.306 e. The van der Waals surface area contributed by atoms with Crippen molar-refractivity contribution in [3.8, 4) is 0 Å². The van der Waals surface area contributed by atoms with Crippen molar-refractivity contribution in [2.45, 2.75) is 252 Å². The monoisotopic (exact) mass is 865 g/mol. The molecule has 0 rings (SSSR count). The van der Waals surface area contributed by atoms with E-state index in [2.05, 4.69) is 93.7 Å². The highest BCUT2D eigenvalue weighted by Crippen LogP contribution is 2.15. The summed E-state index contributed by atoms with van der Waals surface area (Å²) in [5.74, 6) is -0.907. The van der Waals surface area contributed by atoms with Gasteiger partial charge in [-0.2, -0.15) is 0 Å². The molecule has 62 heavy (non-hydrogen) atoms. The molecular weight excluding hydrogens is 769 g/mol. The van der Waals surface area contributed by atoms with Crippen LogP contribution in [0.4, 0.5) is 0 Å². The number of hydrogen-bond acceptors (Lipinski definition) is 6. The van der Waals surface area contributed by atoms with E-state index in [1.54, 1.807) is 0 Å². The highest BCUT2D eigenvalue weighted by molar-refractivity contribution is 5.71. The molecule has 0 N–H and O–H groups in total. The van der Waals surface area contributed by atoms with E-state index in [0.29, 0.717) is 19.3 Å². The van der Waals surface area contributed by atoms with E-state index < -0.39 is 6.10 Å². The first-order valence-electron chi connectivity index (χ1n) is 25.9. The second-order valence-electron chi connectivity index (χ2n) is 17.0. The number of rotatable bonds is 46. The Bertz CT molecular complexity index is 1180. The fourth-order valence-corrected chi connectivity index (χ4v) is 7.12. The lowest BCUT2D eigenvalue weighted by Gasteiger charge is -2.18. The van der Waals surface area contributed by atoms with Crippen LogP contribution in [0.5, 0.6) is 0 Å². The van der Waals surface area contributed by atoms with Crippen molar-refractivity contribution in [1.82, 2.24) is 0 Å². The molecule has 0 saturated carbocycles. The summed E-state index contributed by atoms with van der Waals surface area (Å²) in [6.45, 7) is 6.40. The number of esters is 3. The SMILES string of the molecule is CC/C=C\C/C=C\C/C=C\CCCCCCCCC(=O)OCC(COC(=O)CCCCCCCCCCCCCC)OC(=O)CCCCCCCC/C=C\C/C=C\C/C=C\CC. The molecule has 0 aliphatic heterocycles. The molecule has 1 atom stereocenters. The summed E-state index contributed by atoms with van der Waals surface area (Å²) < 4.78 is 16.8. The van der Waals surface area contributed by atoms with Gasteiger partial charge in [-0.05, 0) is 83.5 Å². The Hall–Kier alpha value is -3.15. The first kappa shape index (κ1) is 58.9. The summed E-state index contributed by atoms with van der Waals surface area (Å²) in [7, 11) is 0. The highest BCUT2D eigenvalue weighted by Gasteiger charge is 2.19. The summed E-state index contributed by atoms with van der Waals surface area (Å²) >= 11 is 0. The molecule has 0 aliphatic rings. The van der Waals surface area contributed by atoms with Crippen molar-refractivity contribution in [1.29, 1.82) is 0 Å². The zero-order chi connectivity index (χ0) is 45.1. The fourth-order valence-electron chi connectivity index (χ4n) is 7.12. The quantitative estimate of drug-likeness (QED) is 0.0262. The molecule has 0 heterocycles. The third-order valence-corrected chi connectivity index (χ3v) is 11.0. The van der Waals surface area contributed by atoms with Crippen LogP contribution in [0.25, 0.3) is 0 Å². The van der Waals surface area contributed by atoms with E-state index in [9.17, 15) is 14.4 Å². The van der Waals surface area contributed by atoms with Crippen LogP contribution in [0.15, 0.2) is 72.9 Å². The minimum absolute atomic E-state index is 0.0837. The maximum atomic E-state index is 12.8. The Morgan fingerprint density at radius 3 is 0.984 bits per heavy atom. The average Bonchev–Trinajstić information content (AvgIpc) is 3.27. The van der Waals surface area contributed by atoms with Crippen molar-refractivity contribution in [2.24, 2.45) is 0 Å². The van der Waals surface area contributed by atoms with Gasteiger partial charge in [0.2, 0.25) is 0 Å². The Labute approximate surface area is 382 Å². The van der Waals surface area contributed by atoms with Crippen molar-refractivity contribution >= 4 is 17.9 Å². The summed E-state index contributed by atoms with van der Waals surface area (Å²) in [6, 6.07) is 0. The molecule has 0 aromatic rings. The Morgan fingerprint density at radius 2 is 0.629 bits per heavy atom. The van der Waals surface area contributed by atoms with Crippen LogP contribution in [-0.4, -0.2) is 37.2 Å².